The van der Waals surface area contributed by atoms with E-state index >= 15 is 0 Å². The number of carbonyl (C=O) groups excluding carboxylic acids is 4. The molecule has 2 unspecified atom stereocenters. The number of benzene rings is 3. The topological polar surface area (TPSA) is 151 Å². The van der Waals surface area contributed by atoms with Crippen molar-refractivity contribution in [3.63, 3.8) is 0 Å². The normalized spacial score (nSPS) is 17.2. The smallest absolute Gasteiger partial charge is 0.426 e. The summed E-state index contributed by atoms with van der Waals surface area (Å²) in [6, 6.07) is 23.2. The minimum atomic E-state index is -1.76. The number of carboxylic acids is 1. The Kier molecular flexibility index (Phi) is 7.95. The van der Waals surface area contributed by atoms with Crippen LogP contribution in [0.15, 0.2) is 78.9 Å². The van der Waals surface area contributed by atoms with Crippen LogP contribution >= 0.6 is 0 Å². The van der Waals surface area contributed by atoms with Crippen LogP contribution in [0.25, 0.3) is 11.1 Å². The summed E-state index contributed by atoms with van der Waals surface area (Å²) >= 11 is 0. The van der Waals surface area contributed by atoms with E-state index in [9.17, 15) is 29.1 Å². The van der Waals surface area contributed by atoms with Gasteiger partial charge in [-0.15, -0.1) is 0 Å². The molecule has 11 heteroatoms. The van der Waals surface area contributed by atoms with Crippen molar-refractivity contribution in [1.82, 2.24) is 15.8 Å². The molecule has 0 aromatic heterocycles. The molecule has 1 aliphatic carbocycles. The molecule has 3 amide bonds. The van der Waals surface area contributed by atoms with Crippen LogP contribution in [0.1, 0.15) is 29.0 Å². The van der Waals surface area contributed by atoms with Crippen molar-refractivity contribution in [3.05, 3.63) is 95.6 Å². The summed E-state index contributed by atoms with van der Waals surface area (Å²) in [4.78, 5) is 62.2. The summed E-state index contributed by atoms with van der Waals surface area (Å²) in [5.74, 6) is -4.71. The largest absolute Gasteiger partial charge is 0.474 e. The molecule has 0 spiro atoms. The van der Waals surface area contributed by atoms with Crippen LogP contribution in [-0.4, -0.2) is 65.2 Å². The number of nitrogens with one attached hydrogen (secondary N) is 2. The summed E-state index contributed by atoms with van der Waals surface area (Å²) in [5, 5.41) is 9.22. The van der Waals surface area contributed by atoms with Crippen molar-refractivity contribution in [2.45, 2.75) is 30.9 Å². The molecule has 5 rings (SSSR count). The molecule has 3 N–H and O–H groups in total. The van der Waals surface area contributed by atoms with Crippen LogP contribution in [0.3, 0.4) is 0 Å². The van der Waals surface area contributed by atoms with Gasteiger partial charge in [0.15, 0.2) is 0 Å². The Morgan fingerprint density at radius 3 is 2.07 bits per heavy atom. The third kappa shape index (κ3) is 6.03. The Bertz CT molecular complexity index is 1450. The highest BCUT2D eigenvalue weighted by Gasteiger charge is 2.43. The maximum absolute atomic E-state index is 12.9. The van der Waals surface area contributed by atoms with Gasteiger partial charge in [-0.25, -0.2) is 15.0 Å². The van der Waals surface area contributed by atoms with Crippen molar-refractivity contribution >= 4 is 29.8 Å². The van der Waals surface area contributed by atoms with Crippen LogP contribution in [-0.2, 0) is 35.1 Å². The second kappa shape index (κ2) is 11.9. The van der Waals surface area contributed by atoms with E-state index in [2.05, 4.69) is 10.9 Å². The second-order valence-corrected chi connectivity index (χ2v) is 9.73. The summed E-state index contributed by atoms with van der Waals surface area (Å²) in [6.45, 7) is -0.267. The van der Waals surface area contributed by atoms with Crippen LogP contribution < -0.4 is 10.9 Å². The lowest BCUT2D eigenvalue weighted by atomic mass is 9.98. The fraction of sp³-hybridized carbons (Fsp3) is 0.233. The maximum Gasteiger partial charge on any atom is 0.426 e. The van der Waals surface area contributed by atoms with Gasteiger partial charge in [0.05, 0.1) is 13.0 Å². The number of likely N-dealkylation sites (tertiary alicyclic amines) is 1. The predicted octanol–water partition coefficient (Wildman–Crippen LogP) is 2.40. The summed E-state index contributed by atoms with van der Waals surface area (Å²) < 4.78 is 10.8. The number of esters is 1. The van der Waals surface area contributed by atoms with E-state index in [1.165, 1.54) is 0 Å². The zero-order chi connectivity index (χ0) is 28.9. The molecule has 3 aromatic rings. The van der Waals surface area contributed by atoms with E-state index in [0.717, 1.165) is 32.7 Å². The first-order valence-corrected chi connectivity index (χ1v) is 13.0. The van der Waals surface area contributed by atoms with Gasteiger partial charge in [-0.3, -0.25) is 19.8 Å². The zero-order valence-electron chi connectivity index (χ0n) is 21.8. The number of carboxylic acid groups (broad SMARTS) is 1. The van der Waals surface area contributed by atoms with Crippen LogP contribution in [0.5, 0.6) is 0 Å². The highest BCUT2D eigenvalue weighted by molar-refractivity contribution is 6.32. The molecular weight excluding hydrogens is 530 g/mol. The average Bonchev–Trinajstić information content (AvgIpc) is 3.54. The van der Waals surface area contributed by atoms with Crippen molar-refractivity contribution in [3.8, 4) is 11.1 Å². The Labute approximate surface area is 235 Å². The number of rotatable bonds is 6. The van der Waals surface area contributed by atoms with Gasteiger partial charge in [0.1, 0.15) is 18.8 Å². The first-order valence-electron chi connectivity index (χ1n) is 13.0. The molecule has 1 saturated heterocycles. The lowest BCUT2D eigenvalue weighted by molar-refractivity contribution is -0.157. The molecule has 41 heavy (non-hydrogen) atoms. The van der Waals surface area contributed by atoms with Crippen molar-refractivity contribution in [2.75, 3.05) is 13.2 Å². The summed E-state index contributed by atoms with van der Waals surface area (Å²) in [5.41, 5.74) is 9.23. The van der Waals surface area contributed by atoms with Crippen LogP contribution in [0, 0.1) is 0 Å². The quantitative estimate of drug-likeness (QED) is 0.237. The molecule has 1 heterocycles. The van der Waals surface area contributed by atoms with E-state index < -0.39 is 42.0 Å². The number of hydrazine groups is 1. The number of ether oxygens (including phenoxy) is 2. The van der Waals surface area contributed by atoms with Gasteiger partial charge in [-0.2, -0.15) is 0 Å². The van der Waals surface area contributed by atoms with Gasteiger partial charge in [0, 0.05) is 12.3 Å². The lowest BCUT2D eigenvalue weighted by Crippen LogP contribution is -2.52. The zero-order valence-corrected chi connectivity index (χ0v) is 21.8. The fourth-order valence-electron chi connectivity index (χ4n) is 5.30. The number of amides is 3. The third-order valence-electron chi connectivity index (χ3n) is 7.13. The molecule has 0 radical (unpaired) electrons. The lowest BCUT2D eigenvalue weighted by Gasteiger charge is -2.21. The molecule has 2 aliphatic rings. The van der Waals surface area contributed by atoms with E-state index in [4.69, 9.17) is 9.47 Å². The monoisotopic (exact) mass is 557 g/mol. The minimum Gasteiger partial charge on any atom is -0.474 e. The molecule has 0 saturated carbocycles. The molecule has 1 aliphatic heterocycles. The Hall–Kier alpha value is -5.19. The Morgan fingerprint density at radius 1 is 0.829 bits per heavy atom. The van der Waals surface area contributed by atoms with E-state index in [0.29, 0.717) is 0 Å². The average molecular weight is 558 g/mol. The number of hydrogen-bond acceptors (Lipinski definition) is 7. The Balaban J connectivity index is 1.17. The number of fused-ring (bicyclic) bond motifs is 3. The van der Waals surface area contributed by atoms with Gasteiger partial charge in [-0.05, 0) is 27.8 Å². The van der Waals surface area contributed by atoms with E-state index in [1.807, 2.05) is 48.5 Å². The highest BCUT2D eigenvalue weighted by Crippen LogP contribution is 2.44. The summed E-state index contributed by atoms with van der Waals surface area (Å²) in [6.07, 6.45) is -2.00. The summed E-state index contributed by atoms with van der Waals surface area (Å²) in [7, 11) is 0. The first-order chi connectivity index (χ1) is 19.8. The molecule has 1 fully saturated rings. The number of nitrogens with zero attached hydrogens (tertiary/aromatic N) is 1. The van der Waals surface area contributed by atoms with Gasteiger partial charge < -0.3 is 19.5 Å². The first kappa shape index (κ1) is 27.4. The minimum absolute atomic E-state index is 0.0161. The van der Waals surface area contributed by atoms with E-state index in [-0.39, 0.29) is 31.9 Å². The van der Waals surface area contributed by atoms with E-state index in [1.54, 1.807) is 30.3 Å². The number of aliphatic carboxylic acids is 1. The molecular formula is C30H27N3O8. The fourth-order valence-corrected chi connectivity index (χ4v) is 5.30. The van der Waals surface area contributed by atoms with Gasteiger partial charge in [-0.1, -0.05) is 78.9 Å². The number of carbonyl (C=O) groups is 5. The van der Waals surface area contributed by atoms with Crippen LogP contribution in [0.2, 0.25) is 0 Å². The SMILES string of the molecule is O=C(Cc1ccccc1)OC1CC(C(=O)NNC(=O)OCC2c3ccccc3-c3ccccc32)N(C(=O)C(=O)O)C1. The predicted molar refractivity (Wildman–Crippen MR) is 144 cm³/mol. The van der Waals surface area contributed by atoms with Crippen molar-refractivity contribution in [1.29, 1.82) is 0 Å². The number of hydrogen-bond donors (Lipinski definition) is 3. The van der Waals surface area contributed by atoms with Crippen molar-refractivity contribution in [2.24, 2.45) is 0 Å². The van der Waals surface area contributed by atoms with Gasteiger partial charge >= 0.3 is 23.9 Å². The molecule has 2 atom stereocenters. The van der Waals surface area contributed by atoms with Gasteiger partial charge in [0.25, 0.3) is 5.91 Å². The molecule has 210 valence electrons. The molecule has 11 nitrogen and oxygen atoms in total. The standard InChI is InChI=1S/C30H27N3O8/c34-26(14-18-8-2-1-3-9-18)41-19-15-25(33(16-19)28(36)29(37)38)27(35)31-32-30(39)40-17-24-22-12-6-4-10-20(22)21-11-5-7-13-23(21)24/h1-13,19,24-25H,14-17H2,(H,31,35)(H,32,39)(H,37,38). The second-order valence-electron chi connectivity index (χ2n) is 9.73. The van der Waals surface area contributed by atoms with Crippen molar-refractivity contribution < 1.29 is 38.6 Å². The highest BCUT2D eigenvalue weighted by atomic mass is 16.6. The van der Waals surface area contributed by atoms with Gasteiger partial charge in [0.2, 0.25) is 0 Å². The third-order valence-corrected chi connectivity index (χ3v) is 7.13. The molecule has 3 aromatic carbocycles. The van der Waals surface area contributed by atoms with Crippen LogP contribution in [0.4, 0.5) is 4.79 Å². The molecule has 0 bridgehead atoms. The maximum atomic E-state index is 12.9. The Morgan fingerprint density at radius 2 is 1.44 bits per heavy atom.